The number of carbonyl (C=O) groups excluding carboxylic acids is 1. The Balaban J connectivity index is 1.68. The van der Waals surface area contributed by atoms with Crippen molar-refractivity contribution < 1.29 is 39.2 Å². The fourth-order valence-electron chi connectivity index (χ4n) is 3.25. The molecule has 1 saturated carbocycles. The van der Waals surface area contributed by atoms with E-state index >= 15 is 0 Å². The molecule has 1 amide bonds. The molecule has 1 aromatic carbocycles. The molecule has 1 heterocycles. The van der Waals surface area contributed by atoms with Gasteiger partial charge in [-0.15, -0.1) is 0 Å². The molecule has 2 aliphatic rings. The SMILES string of the molecule is C=CC(=O)NC1C2CNC(C)([I-]c3ccc(C(F)(F)F)cc3)C21. The molecular formula is C16H17F3IN2O-. The van der Waals surface area contributed by atoms with E-state index in [1.807, 2.05) is 0 Å². The van der Waals surface area contributed by atoms with Gasteiger partial charge in [-0.1, -0.05) is 0 Å². The Morgan fingerprint density at radius 2 is 2.09 bits per heavy atom. The quantitative estimate of drug-likeness (QED) is 0.281. The van der Waals surface area contributed by atoms with Crippen molar-refractivity contribution in [2.45, 2.75) is 22.7 Å². The van der Waals surface area contributed by atoms with Gasteiger partial charge < -0.3 is 0 Å². The summed E-state index contributed by atoms with van der Waals surface area (Å²) in [5.74, 6) is 0.596. The molecule has 1 aliphatic carbocycles. The van der Waals surface area contributed by atoms with Crippen molar-refractivity contribution >= 4 is 5.91 Å². The van der Waals surface area contributed by atoms with E-state index in [0.29, 0.717) is 11.8 Å². The molecule has 0 spiro atoms. The topological polar surface area (TPSA) is 41.1 Å². The number of piperidine rings is 1. The van der Waals surface area contributed by atoms with Crippen LogP contribution in [-0.4, -0.2) is 22.0 Å². The second-order valence-corrected chi connectivity index (χ2v) is 10.0. The summed E-state index contributed by atoms with van der Waals surface area (Å²) in [7, 11) is 0. The first-order chi connectivity index (χ1) is 10.7. The molecular weight excluding hydrogens is 420 g/mol. The van der Waals surface area contributed by atoms with Gasteiger partial charge in [0.25, 0.3) is 0 Å². The zero-order valence-electron chi connectivity index (χ0n) is 12.5. The van der Waals surface area contributed by atoms with E-state index in [2.05, 4.69) is 24.1 Å². The summed E-state index contributed by atoms with van der Waals surface area (Å²) in [5, 5.41) is 6.44. The third kappa shape index (κ3) is 3.26. The van der Waals surface area contributed by atoms with Crippen LogP contribution in [0.3, 0.4) is 0 Å². The van der Waals surface area contributed by atoms with E-state index in [1.54, 1.807) is 12.1 Å². The molecule has 3 rings (SSSR count). The Morgan fingerprint density at radius 3 is 2.65 bits per heavy atom. The first-order valence-electron chi connectivity index (χ1n) is 7.26. The Hall–Kier alpha value is -1.09. The summed E-state index contributed by atoms with van der Waals surface area (Å²) < 4.78 is 38.7. The average molecular weight is 437 g/mol. The summed E-state index contributed by atoms with van der Waals surface area (Å²) >= 11 is -0.522. The zero-order valence-corrected chi connectivity index (χ0v) is 14.6. The second-order valence-electron chi connectivity index (χ2n) is 5.98. The van der Waals surface area contributed by atoms with Crippen molar-refractivity contribution in [3.63, 3.8) is 0 Å². The number of amides is 1. The van der Waals surface area contributed by atoms with Crippen LogP contribution >= 0.6 is 0 Å². The molecule has 7 heteroatoms. The van der Waals surface area contributed by atoms with Crippen LogP contribution in [0.1, 0.15) is 12.5 Å². The molecule has 3 nitrogen and oxygen atoms in total. The van der Waals surface area contributed by atoms with Gasteiger partial charge in [-0.3, -0.25) is 0 Å². The molecule has 1 aromatic rings. The summed E-state index contributed by atoms with van der Waals surface area (Å²) in [6, 6.07) is 5.61. The van der Waals surface area contributed by atoms with Crippen LogP contribution in [0.2, 0.25) is 0 Å². The number of hydrogen-bond donors (Lipinski definition) is 2. The summed E-state index contributed by atoms with van der Waals surface area (Å²) in [4.78, 5) is 11.4. The summed E-state index contributed by atoms with van der Waals surface area (Å²) in [6.45, 7) is 6.41. The first kappa shape index (κ1) is 16.8. The van der Waals surface area contributed by atoms with Crippen LogP contribution in [0.4, 0.5) is 13.2 Å². The predicted octanol–water partition coefficient (Wildman–Crippen LogP) is -0.800. The number of alkyl halides is 4. The fourth-order valence-corrected chi connectivity index (χ4v) is 6.88. The van der Waals surface area contributed by atoms with Crippen molar-refractivity contribution in [3.8, 4) is 0 Å². The molecule has 2 fully saturated rings. The number of benzene rings is 1. The van der Waals surface area contributed by atoms with Crippen LogP contribution in [0.15, 0.2) is 36.9 Å². The number of nitrogens with one attached hydrogen (secondary N) is 2. The van der Waals surface area contributed by atoms with E-state index in [-0.39, 0.29) is 15.5 Å². The summed E-state index contributed by atoms with van der Waals surface area (Å²) in [5.41, 5.74) is -0.616. The Morgan fingerprint density at radius 1 is 1.43 bits per heavy atom. The molecule has 0 aromatic heterocycles. The van der Waals surface area contributed by atoms with Crippen molar-refractivity contribution in [1.29, 1.82) is 0 Å². The normalized spacial score (nSPS) is 32.4. The van der Waals surface area contributed by atoms with Crippen molar-refractivity contribution in [1.82, 2.24) is 10.6 Å². The van der Waals surface area contributed by atoms with Crippen molar-refractivity contribution in [3.05, 3.63) is 46.1 Å². The number of fused-ring (bicyclic) bond motifs is 1. The van der Waals surface area contributed by atoms with E-state index in [4.69, 9.17) is 0 Å². The van der Waals surface area contributed by atoms with Gasteiger partial charge >= 0.3 is 143 Å². The minimum atomic E-state index is -4.30. The van der Waals surface area contributed by atoms with Crippen molar-refractivity contribution in [2.24, 2.45) is 11.8 Å². The Labute approximate surface area is 143 Å². The average Bonchev–Trinajstić information content (AvgIpc) is 3.07. The van der Waals surface area contributed by atoms with E-state index in [1.165, 1.54) is 6.08 Å². The first-order valence-corrected chi connectivity index (χ1v) is 9.41. The molecule has 0 radical (unpaired) electrons. The minimum absolute atomic E-state index is 0.109. The van der Waals surface area contributed by atoms with Crippen LogP contribution in [0.25, 0.3) is 0 Å². The number of carbonyl (C=O) groups is 1. The number of rotatable bonds is 4. The maximum atomic E-state index is 12.6. The number of hydrogen-bond acceptors (Lipinski definition) is 2. The summed E-state index contributed by atoms with van der Waals surface area (Å²) in [6.07, 6.45) is -3.03. The van der Waals surface area contributed by atoms with Gasteiger partial charge in [0.1, 0.15) is 0 Å². The fraction of sp³-hybridized carbons (Fsp3) is 0.438. The molecule has 23 heavy (non-hydrogen) atoms. The maximum absolute atomic E-state index is 12.6. The third-order valence-electron chi connectivity index (χ3n) is 4.45. The number of halogens is 4. The second kappa shape index (κ2) is 5.77. The van der Waals surface area contributed by atoms with Crippen LogP contribution in [0, 0.1) is 15.4 Å². The van der Waals surface area contributed by atoms with Crippen molar-refractivity contribution in [2.75, 3.05) is 6.54 Å². The predicted molar refractivity (Wildman–Crippen MR) is 75.7 cm³/mol. The standard InChI is InChI=1S/C16H17F3IN2O/c1-3-12(23)22-14-11-8-21-15(2,13(11)14)20-10-6-4-9(5-7-10)16(17,18)19/h3-7,11,13-14,21H,1,8H2,2H3,(H,22,23)/q-1. The van der Waals surface area contributed by atoms with Crippen LogP contribution < -0.4 is 31.8 Å². The van der Waals surface area contributed by atoms with E-state index in [9.17, 15) is 18.0 Å². The van der Waals surface area contributed by atoms with E-state index < -0.39 is 32.9 Å². The molecule has 1 aliphatic heterocycles. The van der Waals surface area contributed by atoms with Gasteiger partial charge in [0.15, 0.2) is 0 Å². The van der Waals surface area contributed by atoms with Gasteiger partial charge in [0, 0.05) is 0 Å². The molecule has 4 unspecified atom stereocenters. The van der Waals surface area contributed by atoms with Gasteiger partial charge in [-0.25, -0.2) is 0 Å². The zero-order chi connectivity index (χ0) is 16.8. The molecule has 0 bridgehead atoms. The molecule has 126 valence electrons. The Bertz CT molecular complexity index is 631. The molecule has 4 atom stereocenters. The van der Waals surface area contributed by atoms with Crippen LogP contribution in [-0.2, 0) is 11.0 Å². The Kier molecular flexibility index (Phi) is 4.20. The van der Waals surface area contributed by atoms with E-state index in [0.717, 1.165) is 22.2 Å². The van der Waals surface area contributed by atoms with Gasteiger partial charge in [0.05, 0.1) is 0 Å². The van der Waals surface area contributed by atoms with Gasteiger partial charge in [-0.2, -0.15) is 0 Å². The monoisotopic (exact) mass is 437 g/mol. The molecule has 2 N–H and O–H groups in total. The molecule has 1 saturated heterocycles. The van der Waals surface area contributed by atoms with Crippen LogP contribution in [0.5, 0.6) is 0 Å². The third-order valence-corrected chi connectivity index (χ3v) is 8.01. The van der Waals surface area contributed by atoms with Gasteiger partial charge in [-0.05, 0) is 0 Å². The van der Waals surface area contributed by atoms with Gasteiger partial charge in [0.2, 0.25) is 0 Å².